The summed E-state index contributed by atoms with van der Waals surface area (Å²) >= 11 is 0. The fraction of sp³-hybridized carbons (Fsp3) is 0.0492. The van der Waals surface area contributed by atoms with Gasteiger partial charge in [-0.2, -0.15) is 0 Å². The Hall–Kier alpha value is -7.54. The molecule has 12 aromatic rings. The molecule has 0 saturated heterocycles. The molecule has 13 rings (SSSR count). The van der Waals surface area contributed by atoms with Crippen molar-refractivity contribution in [2.45, 2.75) is 19.3 Å². The summed E-state index contributed by atoms with van der Waals surface area (Å²) in [5.41, 5.74) is 13.0. The predicted octanol–water partition coefficient (Wildman–Crippen LogP) is 17.1. The fourth-order valence-corrected chi connectivity index (χ4v) is 11.3. The average molecular weight is 773 g/mol. The highest BCUT2D eigenvalue weighted by molar-refractivity contribution is 6.28. The first-order chi connectivity index (χ1) is 30.0. The van der Waals surface area contributed by atoms with Crippen LogP contribution in [0.3, 0.4) is 0 Å². The maximum absolute atomic E-state index is 2.47. The highest BCUT2D eigenvalue weighted by Gasteiger charge is 2.38. The second-order valence-corrected chi connectivity index (χ2v) is 17.5. The van der Waals surface area contributed by atoms with E-state index in [0.29, 0.717) is 0 Å². The molecule has 0 fully saturated rings. The molecule has 284 valence electrons. The highest BCUT2D eigenvalue weighted by atomic mass is 14.4. The second-order valence-electron chi connectivity index (χ2n) is 17.5. The molecule has 0 amide bonds. The van der Waals surface area contributed by atoms with E-state index in [4.69, 9.17) is 0 Å². The summed E-state index contributed by atoms with van der Waals surface area (Å²) in [6.45, 7) is 4.81. The zero-order chi connectivity index (χ0) is 40.4. The Labute approximate surface area is 355 Å². The van der Waals surface area contributed by atoms with Gasteiger partial charge in [0.2, 0.25) is 0 Å². The third-order valence-electron chi connectivity index (χ3n) is 14.0. The lowest BCUT2D eigenvalue weighted by Crippen LogP contribution is -2.15. The molecule has 0 spiro atoms. The summed E-state index contributed by atoms with van der Waals surface area (Å²) in [5, 5.41) is 18.1. The van der Waals surface area contributed by atoms with Crippen molar-refractivity contribution in [2.24, 2.45) is 0 Å². The van der Waals surface area contributed by atoms with Gasteiger partial charge in [-0.15, -0.1) is 0 Å². The minimum absolute atomic E-state index is 0.127. The van der Waals surface area contributed by atoms with Crippen LogP contribution in [0.1, 0.15) is 25.0 Å². The summed E-state index contributed by atoms with van der Waals surface area (Å²) in [7, 11) is 0. The Balaban J connectivity index is 1.03. The van der Waals surface area contributed by atoms with Gasteiger partial charge in [0.25, 0.3) is 0 Å². The van der Waals surface area contributed by atoms with Crippen LogP contribution in [-0.4, -0.2) is 0 Å². The first-order valence-electron chi connectivity index (χ1n) is 21.5. The monoisotopic (exact) mass is 772 g/mol. The van der Waals surface area contributed by atoms with Gasteiger partial charge in [-0.25, -0.2) is 0 Å². The molecule has 0 radical (unpaired) electrons. The quantitative estimate of drug-likeness (QED) is 0.124. The lowest BCUT2D eigenvalue weighted by atomic mass is 9.79. The van der Waals surface area contributed by atoms with Crippen molar-refractivity contribution in [1.82, 2.24) is 0 Å². The minimum Gasteiger partial charge on any atom is -0.0616 e. The summed E-state index contributed by atoms with van der Waals surface area (Å²) in [4.78, 5) is 0. The number of rotatable bonds is 3. The van der Waals surface area contributed by atoms with Crippen LogP contribution in [0, 0.1) is 0 Å². The van der Waals surface area contributed by atoms with Crippen molar-refractivity contribution in [3.8, 4) is 44.5 Å². The Kier molecular flexibility index (Phi) is 7.17. The van der Waals surface area contributed by atoms with Gasteiger partial charge in [0.05, 0.1) is 0 Å². The van der Waals surface area contributed by atoms with Crippen LogP contribution < -0.4 is 0 Å². The van der Waals surface area contributed by atoms with Gasteiger partial charge >= 0.3 is 0 Å². The van der Waals surface area contributed by atoms with Gasteiger partial charge in [0.1, 0.15) is 0 Å². The van der Waals surface area contributed by atoms with Crippen molar-refractivity contribution in [2.75, 3.05) is 0 Å². The molecule has 0 heteroatoms. The molecule has 0 unspecified atom stereocenters. The van der Waals surface area contributed by atoms with Gasteiger partial charge in [-0.05, 0) is 149 Å². The van der Waals surface area contributed by atoms with Gasteiger partial charge < -0.3 is 0 Å². The van der Waals surface area contributed by atoms with E-state index in [1.54, 1.807) is 0 Å². The van der Waals surface area contributed by atoms with E-state index in [-0.39, 0.29) is 5.41 Å². The Bertz CT molecular complexity index is 3790. The normalized spacial score (nSPS) is 13.2. The minimum atomic E-state index is -0.127. The van der Waals surface area contributed by atoms with E-state index >= 15 is 0 Å². The standard InChI is InChI=1S/C61H40/c1-61(2)55-33-32-39(35-54(55)59-47-24-9-5-20-43(47)44-21-7-14-29-52(44)60(59)61)38-17-15-18-40(34-38)57-48-25-10-12-27-50(48)58(51-28-13-11-26-49(51)57)53-36-41-31-30-37-16-3-4-19-42(37)56(41)46-23-8-6-22-45(46)53/h3-36H,1-2H3. The second kappa shape index (κ2) is 12.7. The number of benzene rings is 12. The van der Waals surface area contributed by atoms with Crippen LogP contribution in [0.2, 0.25) is 0 Å². The molecule has 0 nitrogen and oxygen atoms in total. The Morgan fingerprint density at radius 2 is 0.770 bits per heavy atom. The molecule has 0 atom stereocenters. The molecule has 0 N–H and O–H groups in total. The van der Waals surface area contributed by atoms with Crippen molar-refractivity contribution in [3.05, 3.63) is 217 Å². The molecule has 0 saturated carbocycles. The van der Waals surface area contributed by atoms with Crippen LogP contribution in [0.4, 0.5) is 0 Å². The molecule has 12 aromatic carbocycles. The maximum atomic E-state index is 2.47. The van der Waals surface area contributed by atoms with Crippen LogP contribution in [-0.2, 0) is 5.41 Å². The lowest BCUT2D eigenvalue weighted by molar-refractivity contribution is 0.666. The smallest absolute Gasteiger partial charge is 0.0165 e. The van der Waals surface area contributed by atoms with Gasteiger partial charge in [-0.1, -0.05) is 202 Å². The lowest BCUT2D eigenvalue weighted by Gasteiger charge is -2.24. The topological polar surface area (TPSA) is 0 Å². The molecule has 0 aromatic heterocycles. The molecule has 1 aliphatic carbocycles. The first-order valence-corrected chi connectivity index (χ1v) is 21.5. The van der Waals surface area contributed by atoms with Crippen molar-refractivity contribution >= 4 is 75.4 Å². The zero-order valence-corrected chi connectivity index (χ0v) is 34.1. The van der Waals surface area contributed by atoms with E-state index < -0.39 is 0 Å². The van der Waals surface area contributed by atoms with Crippen molar-refractivity contribution in [3.63, 3.8) is 0 Å². The van der Waals surface area contributed by atoms with Crippen LogP contribution in [0.5, 0.6) is 0 Å². The van der Waals surface area contributed by atoms with E-state index in [1.165, 1.54) is 131 Å². The Morgan fingerprint density at radius 1 is 0.279 bits per heavy atom. The number of fused-ring (bicyclic) bond motifs is 15. The summed E-state index contributed by atoms with van der Waals surface area (Å²) < 4.78 is 0. The van der Waals surface area contributed by atoms with E-state index in [9.17, 15) is 0 Å². The van der Waals surface area contributed by atoms with Gasteiger partial charge in [0.15, 0.2) is 0 Å². The molecule has 0 heterocycles. The van der Waals surface area contributed by atoms with Gasteiger partial charge in [-0.3, -0.25) is 0 Å². The molecule has 0 aliphatic heterocycles. The van der Waals surface area contributed by atoms with E-state index in [1.807, 2.05) is 0 Å². The average Bonchev–Trinajstić information content (AvgIpc) is 3.56. The SMILES string of the molecule is CC1(C)c2ccc(-c3cccc(-c4c5ccccc5c(-c5cc6ccc7ccccc7c6c6ccccc56)c5ccccc45)c3)cc2-c2c1c1ccccc1c1ccccc21. The molecule has 0 bridgehead atoms. The molecule has 61 heavy (non-hydrogen) atoms. The van der Waals surface area contributed by atoms with Gasteiger partial charge in [0, 0.05) is 5.41 Å². The van der Waals surface area contributed by atoms with Crippen molar-refractivity contribution < 1.29 is 0 Å². The third-order valence-corrected chi connectivity index (χ3v) is 14.0. The third kappa shape index (κ3) is 4.82. The fourth-order valence-electron chi connectivity index (χ4n) is 11.3. The highest BCUT2D eigenvalue weighted by Crippen LogP contribution is 2.55. The van der Waals surface area contributed by atoms with E-state index in [2.05, 4.69) is 220 Å². The summed E-state index contributed by atoms with van der Waals surface area (Å²) in [6, 6.07) is 77.4. The molecular weight excluding hydrogens is 733 g/mol. The predicted molar refractivity (Wildman–Crippen MR) is 263 cm³/mol. The maximum Gasteiger partial charge on any atom is 0.0165 e. The van der Waals surface area contributed by atoms with Crippen LogP contribution in [0.15, 0.2) is 206 Å². The van der Waals surface area contributed by atoms with Crippen LogP contribution in [0.25, 0.3) is 120 Å². The molecular formula is C61H40. The van der Waals surface area contributed by atoms with Crippen LogP contribution >= 0.6 is 0 Å². The largest absolute Gasteiger partial charge is 0.0616 e. The van der Waals surface area contributed by atoms with Crippen molar-refractivity contribution in [1.29, 1.82) is 0 Å². The Morgan fingerprint density at radius 3 is 1.46 bits per heavy atom. The first kappa shape index (κ1) is 34.3. The molecule has 1 aliphatic rings. The van der Waals surface area contributed by atoms with E-state index in [0.717, 1.165) is 0 Å². The summed E-state index contributed by atoms with van der Waals surface area (Å²) in [6.07, 6.45) is 0. The zero-order valence-electron chi connectivity index (χ0n) is 34.1. The number of hydrogen-bond donors (Lipinski definition) is 0. The number of hydrogen-bond acceptors (Lipinski definition) is 0. The summed E-state index contributed by atoms with van der Waals surface area (Å²) in [5.74, 6) is 0.